The first-order valence-electron chi connectivity index (χ1n) is 13.5. The molecule has 11 atom stereocenters. The summed E-state index contributed by atoms with van der Waals surface area (Å²) in [5.41, 5.74) is 0.562. The van der Waals surface area contributed by atoms with Gasteiger partial charge in [-0.1, -0.05) is 45.8 Å². The Balaban J connectivity index is 1.38. The summed E-state index contributed by atoms with van der Waals surface area (Å²) in [5, 5.41) is 21.5. The number of nitrogens with zero attached hydrogens (tertiary/aromatic N) is 1. The van der Waals surface area contributed by atoms with E-state index in [2.05, 4.69) is 44.9 Å². The SMILES string of the molecule is C[C@@H]([C@H]1CCCCCN1C)[C@H]1C=C[C@@H]2[C@@H]3C[C@@H](O)[C@H]4C[C@@H](O)CC[C@]4(C)[C@H]3CC[C@]12C. The molecule has 0 aromatic heterocycles. The fraction of sp³-hybridized carbons (Fsp3) is 0.929. The molecule has 3 heteroatoms. The second kappa shape index (κ2) is 8.13. The lowest BCUT2D eigenvalue weighted by Crippen LogP contribution is -2.58. The molecule has 0 radical (unpaired) electrons. The predicted molar refractivity (Wildman–Crippen MR) is 127 cm³/mol. The van der Waals surface area contributed by atoms with Gasteiger partial charge in [-0.05, 0) is 111 Å². The van der Waals surface area contributed by atoms with Crippen molar-refractivity contribution in [2.75, 3.05) is 13.6 Å². The fourth-order valence-electron chi connectivity index (χ4n) is 9.73. The zero-order chi connectivity index (χ0) is 22.0. The largest absolute Gasteiger partial charge is 0.393 e. The molecule has 1 saturated heterocycles. The first kappa shape index (κ1) is 22.4. The molecule has 1 aliphatic heterocycles. The predicted octanol–water partition coefficient (Wildman–Crippen LogP) is 5.26. The van der Waals surface area contributed by atoms with Crippen LogP contribution < -0.4 is 0 Å². The van der Waals surface area contributed by atoms with Gasteiger partial charge < -0.3 is 15.1 Å². The van der Waals surface area contributed by atoms with Crippen molar-refractivity contribution in [1.82, 2.24) is 4.90 Å². The topological polar surface area (TPSA) is 43.7 Å². The van der Waals surface area contributed by atoms with Crippen LogP contribution in [0.5, 0.6) is 0 Å². The van der Waals surface area contributed by atoms with E-state index in [1.807, 2.05) is 0 Å². The maximum Gasteiger partial charge on any atom is 0.0577 e. The Labute approximate surface area is 190 Å². The Morgan fingerprint density at radius 1 is 0.903 bits per heavy atom. The standard InChI is InChI=1S/C28H47NO2/c1-18(25-8-6-5-7-15-29(25)4)21-9-10-22-20-17-26(31)24-16-19(30)11-13-28(24,3)23(20)12-14-27(21,22)2/h9-10,18-26,30-31H,5-8,11-17H2,1-4H3/t18-,19+,20+,21-,22-,23+,24-,25-,26-,27-,28-/m1/s1. The van der Waals surface area contributed by atoms with E-state index in [0.717, 1.165) is 25.7 Å². The molecular formula is C28H47NO2. The summed E-state index contributed by atoms with van der Waals surface area (Å²) < 4.78 is 0. The summed E-state index contributed by atoms with van der Waals surface area (Å²) in [7, 11) is 2.36. The van der Waals surface area contributed by atoms with Crippen LogP contribution in [0.15, 0.2) is 12.2 Å². The van der Waals surface area contributed by atoms with Gasteiger partial charge in [0.15, 0.2) is 0 Å². The van der Waals surface area contributed by atoms with E-state index in [1.54, 1.807) is 0 Å². The van der Waals surface area contributed by atoms with Gasteiger partial charge >= 0.3 is 0 Å². The highest BCUT2D eigenvalue weighted by Crippen LogP contribution is 2.66. The van der Waals surface area contributed by atoms with Gasteiger partial charge in [0, 0.05) is 6.04 Å². The van der Waals surface area contributed by atoms with Crippen molar-refractivity contribution in [2.24, 2.45) is 46.3 Å². The fourth-order valence-corrected chi connectivity index (χ4v) is 9.73. The third-order valence-electron chi connectivity index (χ3n) is 11.5. The molecule has 0 aromatic carbocycles. The number of fused-ring (bicyclic) bond motifs is 5. The average molecular weight is 430 g/mol. The highest BCUT2D eigenvalue weighted by atomic mass is 16.3. The Bertz CT molecular complexity index is 692. The first-order chi connectivity index (χ1) is 14.8. The Morgan fingerprint density at radius 2 is 1.68 bits per heavy atom. The molecule has 5 rings (SSSR count). The molecule has 5 aliphatic rings. The van der Waals surface area contributed by atoms with Gasteiger partial charge in [-0.25, -0.2) is 0 Å². The molecule has 4 aliphatic carbocycles. The van der Waals surface area contributed by atoms with Crippen molar-refractivity contribution in [3.63, 3.8) is 0 Å². The molecule has 0 aromatic rings. The number of aliphatic hydroxyl groups is 2. The minimum Gasteiger partial charge on any atom is -0.393 e. The number of hydrogen-bond donors (Lipinski definition) is 2. The van der Waals surface area contributed by atoms with E-state index in [0.29, 0.717) is 47.0 Å². The minimum absolute atomic E-state index is 0.202. The van der Waals surface area contributed by atoms with E-state index in [1.165, 1.54) is 45.1 Å². The number of aliphatic hydroxyl groups excluding tert-OH is 2. The molecule has 0 unspecified atom stereocenters. The first-order valence-corrected chi connectivity index (χ1v) is 13.5. The summed E-state index contributed by atoms with van der Waals surface area (Å²) in [6, 6.07) is 0.712. The maximum atomic E-state index is 11.2. The molecule has 0 bridgehead atoms. The lowest BCUT2D eigenvalue weighted by molar-refractivity contribution is -0.168. The van der Waals surface area contributed by atoms with E-state index in [4.69, 9.17) is 0 Å². The normalized spacial score (nSPS) is 53.9. The minimum atomic E-state index is -0.235. The van der Waals surface area contributed by atoms with Gasteiger partial charge in [-0.2, -0.15) is 0 Å². The number of likely N-dealkylation sites (tertiary alicyclic amines) is 1. The van der Waals surface area contributed by atoms with Crippen LogP contribution in [-0.4, -0.2) is 47.0 Å². The lowest BCUT2D eigenvalue weighted by atomic mass is 9.43. The van der Waals surface area contributed by atoms with Crippen LogP contribution in [0.3, 0.4) is 0 Å². The summed E-state index contributed by atoms with van der Waals surface area (Å²) in [5.74, 6) is 3.61. The van der Waals surface area contributed by atoms with Crippen molar-refractivity contribution < 1.29 is 10.2 Å². The third-order valence-corrected chi connectivity index (χ3v) is 11.5. The van der Waals surface area contributed by atoms with E-state index >= 15 is 0 Å². The van der Waals surface area contributed by atoms with Gasteiger partial charge in [-0.3, -0.25) is 0 Å². The number of hydrogen-bond acceptors (Lipinski definition) is 3. The van der Waals surface area contributed by atoms with Crippen molar-refractivity contribution in [2.45, 2.75) is 103 Å². The smallest absolute Gasteiger partial charge is 0.0577 e. The zero-order valence-corrected chi connectivity index (χ0v) is 20.5. The summed E-state index contributed by atoms with van der Waals surface area (Å²) in [6.07, 6.45) is 16.7. The summed E-state index contributed by atoms with van der Waals surface area (Å²) in [4.78, 5) is 2.66. The van der Waals surface area contributed by atoms with Crippen LogP contribution in [0.4, 0.5) is 0 Å². The van der Waals surface area contributed by atoms with Gasteiger partial charge in [0.2, 0.25) is 0 Å². The molecule has 3 saturated carbocycles. The lowest BCUT2D eigenvalue weighted by Gasteiger charge is -2.62. The van der Waals surface area contributed by atoms with E-state index < -0.39 is 0 Å². The monoisotopic (exact) mass is 429 g/mol. The second-order valence-corrected chi connectivity index (χ2v) is 12.9. The Kier molecular flexibility index (Phi) is 5.88. The molecule has 1 heterocycles. The van der Waals surface area contributed by atoms with Crippen molar-refractivity contribution in [3.8, 4) is 0 Å². The van der Waals surface area contributed by atoms with E-state index in [9.17, 15) is 10.2 Å². The summed E-state index contributed by atoms with van der Waals surface area (Å²) >= 11 is 0. The highest BCUT2D eigenvalue weighted by molar-refractivity contribution is 5.21. The molecule has 4 fully saturated rings. The van der Waals surface area contributed by atoms with Crippen LogP contribution in [0.2, 0.25) is 0 Å². The maximum absolute atomic E-state index is 11.2. The molecule has 2 N–H and O–H groups in total. The molecule has 176 valence electrons. The average Bonchev–Trinajstić information content (AvgIpc) is 2.94. The number of rotatable bonds is 2. The Morgan fingerprint density at radius 3 is 2.48 bits per heavy atom. The van der Waals surface area contributed by atoms with Crippen LogP contribution in [0.25, 0.3) is 0 Å². The van der Waals surface area contributed by atoms with Gasteiger partial charge in [-0.15, -0.1) is 0 Å². The molecular weight excluding hydrogens is 382 g/mol. The molecule has 31 heavy (non-hydrogen) atoms. The van der Waals surface area contributed by atoms with Crippen LogP contribution in [0, 0.1) is 46.3 Å². The number of allylic oxidation sites excluding steroid dienone is 2. The quantitative estimate of drug-likeness (QED) is 0.588. The van der Waals surface area contributed by atoms with Crippen molar-refractivity contribution in [1.29, 1.82) is 0 Å². The summed E-state index contributed by atoms with van der Waals surface area (Å²) in [6.45, 7) is 8.85. The van der Waals surface area contributed by atoms with Crippen molar-refractivity contribution >= 4 is 0 Å². The highest BCUT2D eigenvalue weighted by Gasteiger charge is 2.61. The van der Waals surface area contributed by atoms with Gasteiger partial charge in [0.25, 0.3) is 0 Å². The van der Waals surface area contributed by atoms with Crippen molar-refractivity contribution in [3.05, 3.63) is 12.2 Å². The Hall–Kier alpha value is -0.380. The molecule has 0 spiro atoms. The van der Waals surface area contributed by atoms with Gasteiger partial charge in [0.05, 0.1) is 12.2 Å². The molecule has 3 nitrogen and oxygen atoms in total. The van der Waals surface area contributed by atoms with Gasteiger partial charge in [0.1, 0.15) is 0 Å². The second-order valence-electron chi connectivity index (χ2n) is 12.9. The van der Waals surface area contributed by atoms with E-state index in [-0.39, 0.29) is 17.6 Å². The van der Waals surface area contributed by atoms with Crippen LogP contribution in [-0.2, 0) is 0 Å². The van der Waals surface area contributed by atoms with Crippen LogP contribution >= 0.6 is 0 Å². The van der Waals surface area contributed by atoms with Crippen LogP contribution in [0.1, 0.15) is 85.0 Å². The molecule has 0 amide bonds. The zero-order valence-electron chi connectivity index (χ0n) is 20.5. The third kappa shape index (κ3) is 3.48.